The molecule has 1 aromatic heterocycles. The molecule has 1 unspecified atom stereocenters. The van der Waals surface area contributed by atoms with Crippen LogP contribution in [0, 0.1) is 6.92 Å². The largest absolute Gasteiger partial charge is 0.355 e. The van der Waals surface area contributed by atoms with E-state index in [0.29, 0.717) is 17.0 Å². The lowest BCUT2D eigenvalue weighted by molar-refractivity contribution is 0.0938. The van der Waals surface area contributed by atoms with Gasteiger partial charge in [0.2, 0.25) is 0 Å². The quantitative estimate of drug-likeness (QED) is 0.587. The first-order valence-electron chi connectivity index (χ1n) is 10.2. The molecule has 0 saturated carbocycles. The summed E-state index contributed by atoms with van der Waals surface area (Å²) in [5.74, 6) is 0.384. The molecule has 0 aliphatic heterocycles. The molecule has 0 spiro atoms. The van der Waals surface area contributed by atoms with Gasteiger partial charge in [-0.05, 0) is 43.2 Å². The molecule has 4 nitrogen and oxygen atoms in total. The standard InChI is InChI=1S/C25H30N2O2/c1-17(11-12-19-9-7-6-8-10-19)26-24(28)22-18(2)27-29-23(22)20-13-15-21(16-14-20)25(3,4)5/h6-10,13-17H,11-12H2,1-5H3,(H,26,28). The second-order valence-corrected chi connectivity index (χ2v) is 8.70. The summed E-state index contributed by atoms with van der Waals surface area (Å²) < 4.78 is 5.53. The third-order valence-corrected chi connectivity index (χ3v) is 5.19. The molecule has 4 heteroatoms. The Morgan fingerprint density at radius 1 is 1.07 bits per heavy atom. The average Bonchev–Trinajstić information content (AvgIpc) is 3.08. The third kappa shape index (κ3) is 5.14. The van der Waals surface area contributed by atoms with Gasteiger partial charge in [0.15, 0.2) is 5.76 Å². The molecule has 0 aliphatic carbocycles. The summed E-state index contributed by atoms with van der Waals surface area (Å²) in [6.45, 7) is 10.4. The lowest BCUT2D eigenvalue weighted by Gasteiger charge is -2.19. The maximum absolute atomic E-state index is 13.0. The SMILES string of the molecule is Cc1noc(-c2ccc(C(C)(C)C)cc2)c1C(=O)NC(C)CCc1ccccc1. The van der Waals surface area contributed by atoms with Crippen molar-refractivity contribution in [3.05, 3.63) is 77.0 Å². The molecule has 1 atom stereocenters. The number of nitrogens with zero attached hydrogens (tertiary/aromatic N) is 1. The van der Waals surface area contributed by atoms with E-state index in [0.717, 1.165) is 18.4 Å². The number of hydrogen-bond donors (Lipinski definition) is 1. The predicted molar refractivity (Wildman–Crippen MR) is 117 cm³/mol. The van der Waals surface area contributed by atoms with Crippen molar-refractivity contribution in [3.63, 3.8) is 0 Å². The molecular formula is C25H30N2O2. The van der Waals surface area contributed by atoms with Crippen LogP contribution in [0.15, 0.2) is 59.1 Å². The number of carbonyl (C=O) groups excluding carboxylic acids is 1. The first kappa shape index (κ1) is 20.8. The van der Waals surface area contributed by atoms with Crippen molar-refractivity contribution in [1.29, 1.82) is 0 Å². The first-order valence-corrected chi connectivity index (χ1v) is 10.2. The van der Waals surface area contributed by atoms with E-state index in [1.165, 1.54) is 11.1 Å². The normalized spacial score (nSPS) is 12.6. The fourth-order valence-electron chi connectivity index (χ4n) is 3.35. The van der Waals surface area contributed by atoms with Gasteiger partial charge in [0.1, 0.15) is 5.56 Å². The zero-order valence-corrected chi connectivity index (χ0v) is 18.0. The number of carbonyl (C=O) groups is 1. The van der Waals surface area contributed by atoms with E-state index < -0.39 is 0 Å². The van der Waals surface area contributed by atoms with Gasteiger partial charge in [-0.3, -0.25) is 4.79 Å². The van der Waals surface area contributed by atoms with Crippen LogP contribution < -0.4 is 5.32 Å². The second-order valence-electron chi connectivity index (χ2n) is 8.70. The number of hydrogen-bond acceptors (Lipinski definition) is 3. The van der Waals surface area contributed by atoms with Gasteiger partial charge in [-0.15, -0.1) is 0 Å². The van der Waals surface area contributed by atoms with E-state index in [1.807, 2.05) is 37.3 Å². The molecule has 0 aliphatic rings. The van der Waals surface area contributed by atoms with Crippen LogP contribution >= 0.6 is 0 Å². The van der Waals surface area contributed by atoms with Crippen LogP contribution in [0.1, 0.15) is 61.3 Å². The fraction of sp³-hybridized carbons (Fsp3) is 0.360. The van der Waals surface area contributed by atoms with Crippen molar-refractivity contribution >= 4 is 5.91 Å². The molecule has 2 aromatic carbocycles. The Hall–Kier alpha value is -2.88. The Bertz CT molecular complexity index is 951. The summed E-state index contributed by atoms with van der Waals surface area (Å²) in [5, 5.41) is 7.15. The summed E-state index contributed by atoms with van der Waals surface area (Å²) in [6, 6.07) is 18.5. The van der Waals surface area contributed by atoms with Crippen molar-refractivity contribution in [2.45, 2.75) is 58.9 Å². The maximum Gasteiger partial charge on any atom is 0.257 e. The minimum atomic E-state index is -0.140. The summed E-state index contributed by atoms with van der Waals surface area (Å²) in [5.41, 5.74) is 4.56. The summed E-state index contributed by atoms with van der Waals surface area (Å²) in [7, 11) is 0. The van der Waals surface area contributed by atoms with Crippen molar-refractivity contribution < 1.29 is 9.32 Å². The topological polar surface area (TPSA) is 55.1 Å². The minimum Gasteiger partial charge on any atom is -0.355 e. The molecule has 3 rings (SSSR count). The van der Waals surface area contributed by atoms with E-state index in [-0.39, 0.29) is 17.4 Å². The monoisotopic (exact) mass is 390 g/mol. The van der Waals surface area contributed by atoms with Crippen molar-refractivity contribution in [1.82, 2.24) is 10.5 Å². The zero-order chi connectivity index (χ0) is 21.0. The van der Waals surface area contributed by atoms with Gasteiger partial charge in [0.05, 0.1) is 5.69 Å². The maximum atomic E-state index is 13.0. The highest BCUT2D eigenvalue weighted by Crippen LogP contribution is 2.29. The van der Waals surface area contributed by atoms with Crippen LogP contribution in [0.5, 0.6) is 0 Å². The van der Waals surface area contributed by atoms with Crippen molar-refractivity contribution in [2.24, 2.45) is 0 Å². The third-order valence-electron chi connectivity index (χ3n) is 5.19. The van der Waals surface area contributed by atoms with Crippen LogP contribution in [0.25, 0.3) is 11.3 Å². The molecule has 152 valence electrons. The number of rotatable bonds is 6. The average molecular weight is 391 g/mol. The van der Waals surface area contributed by atoms with E-state index in [9.17, 15) is 4.79 Å². The molecule has 0 bridgehead atoms. The van der Waals surface area contributed by atoms with Gasteiger partial charge < -0.3 is 9.84 Å². The number of nitrogens with one attached hydrogen (secondary N) is 1. The molecule has 1 heterocycles. The van der Waals surface area contributed by atoms with Crippen molar-refractivity contribution in [2.75, 3.05) is 0 Å². The fourth-order valence-corrected chi connectivity index (χ4v) is 3.35. The van der Waals surface area contributed by atoms with Crippen LogP contribution in [-0.4, -0.2) is 17.1 Å². The molecule has 0 fully saturated rings. The molecular weight excluding hydrogens is 360 g/mol. The van der Waals surface area contributed by atoms with Gasteiger partial charge in [0.25, 0.3) is 5.91 Å². The highest BCUT2D eigenvalue weighted by molar-refractivity contribution is 6.00. The lowest BCUT2D eigenvalue weighted by Crippen LogP contribution is -2.33. The van der Waals surface area contributed by atoms with Gasteiger partial charge in [-0.1, -0.05) is 80.5 Å². The van der Waals surface area contributed by atoms with Gasteiger partial charge in [0, 0.05) is 11.6 Å². The Kier molecular flexibility index (Phi) is 6.21. The minimum absolute atomic E-state index is 0.0492. The highest BCUT2D eigenvalue weighted by Gasteiger charge is 2.23. The van der Waals surface area contributed by atoms with Crippen LogP contribution in [0.3, 0.4) is 0 Å². The van der Waals surface area contributed by atoms with Gasteiger partial charge in [-0.2, -0.15) is 0 Å². The van der Waals surface area contributed by atoms with Crippen LogP contribution in [-0.2, 0) is 11.8 Å². The molecule has 0 radical (unpaired) electrons. The Balaban J connectivity index is 1.72. The Morgan fingerprint density at radius 3 is 2.34 bits per heavy atom. The number of aromatic nitrogens is 1. The zero-order valence-electron chi connectivity index (χ0n) is 18.0. The number of aryl methyl sites for hydroxylation is 2. The van der Waals surface area contributed by atoms with Gasteiger partial charge in [-0.25, -0.2) is 0 Å². The molecule has 29 heavy (non-hydrogen) atoms. The highest BCUT2D eigenvalue weighted by atomic mass is 16.5. The number of amides is 1. The molecule has 3 aromatic rings. The summed E-state index contributed by atoms with van der Waals surface area (Å²) in [6.07, 6.45) is 1.79. The Labute approximate surface area is 173 Å². The van der Waals surface area contributed by atoms with E-state index in [1.54, 1.807) is 6.92 Å². The lowest BCUT2D eigenvalue weighted by atomic mass is 9.86. The molecule has 0 saturated heterocycles. The van der Waals surface area contributed by atoms with E-state index >= 15 is 0 Å². The Morgan fingerprint density at radius 2 is 1.72 bits per heavy atom. The van der Waals surface area contributed by atoms with Crippen molar-refractivity contribution in [3.8, 4) is 11.3 Å². The summed E-state index contributed by atoms with van der Waals surface area (Å²) in [4.78, 5) is 13.0. The van der Waals surface area contributed by atoms with Crippen LogP contribution in [0.4, 0.5) is 0 Å². The molecule has 1 N–H and O–H groups in total. The predicted octanol–water partition coefficient (Wildman–Crippen LogP) is 5.70. The molecule has 1 amide bonds. The smallest absolute Gasteiger partial charge is 0.257 e. The van der Waals surface area contributed by atoms with E-state index in [2.05, 4.69) is 55.5 Å². The number of benzene rings is 2. The summed E-state index contributed by atoms with van der Waals surface area (Å²) >= 11 is 0. The second kappa shape index (κ2) is 8.64. The first-order chi connectivity index (χ1) is 13.8. The van der Waals surface area contributed by atoms with Gasteiger partial charge >= 0.3 is 0 Å². The van der Waals surface area contributed by atoms with Crippen LogP contribution in [0.2, 0.25) is 0 Å². The van der Waals surface area contributed by atoms with E-state index in [4.69, 9.17) is 4.52 Å².